The minimum absolute atomic E-state index is 0.0109. The molecule has 3 heterocycles. The number of pyridine rings is 1. The Morgan fingerprint density at radius 3 is 2.67 bits per heavy atom. The Morgan fingerprint density at radius 2 is 1.98 bits per heavy atom. The van der Waals surface area contributed by atoms with Crippen molar-refractivity contribution < 1.29 is 33.4 Å². The smallest absolute Gasteiger partial charge is 0.414 e. The average molecular weight is 579 g/mol. The first kappa shape index (κ1) is 27.6. The van der Waals surface area contributed by atoms with Gasteiger partial charge in [-0.15, -0.1) is 0 Å². The van der Waals surface area contributed by atoms with E-state index in [-0.39, 0.29) is 35.3 Å². The van der Waals surface area contributed by atoms with Crippen molar-refractivity contribution in [2.45, 2.75) is 51.3 Å². The van der Waals surface area contributed by atoms with E-state index in [2.05, 4.69) is 5.32 Å². The number of aromatic nitrogens is 1. The Labute approximate surface area is 240 Å². The number of nitrogens with one attached hydrogen (secondary N) is 1. The number of benzene rings is 2. The summed E-state index contributed by atoms with van der Waals surface area (Å²) < 4.78 is 28.8. The molecule has 1 unspecified atom stereocenters. The Morgan fingerprint density at radius 1 is 1.19 bits per heavy atom. The van der Waals surface area contributed by atoms with Crippen LogP contribution in [0.1, 0.15) is 53.7 Å². The van der Waals surface area contributed by atoms with E-state index >= 15 is 4.39 Å². The second kappa shape index (κ2) is 10.7. The quantitative estimate of drug-likeness (QED) is 0.435. The first-order chi connectivity index (χ1) is 20.2. The van der Waals surface area contributed by atoms with E-state index in [9.17, 15) is 24.3 Å². The van der Waals surface area contributed by atoms with Crippen molar-refractivity contribution in [2.75, 3.05) is 36.5 Å². The minimum atomic E-state index is -1.35. The number of aryl methyl sites for hydroxylation is 1. The van der Waals surface area contributed by atoms with E-state index in [1.165, 1.54) is 20.2 Å². The number of carbonyl (C=O) groups excluding carboxylic acids is 2. The number of hydrogen-bond acceptors (Lipinski definition) is 7. The highest BCUT2D eigenvalue weighted by Gasteiger charge is 2.34. The van der Waals surface area contributed by atoms with E-state index in [4.69, 9.17) is 9.47 Å². The summed E-state index contributed by atoms with van der Waals surface area (Å²) in [6.07, 6.45) is 3.47. The van der Waals surface area contributed by atoms with Crippen LogP contribution >= 0.6 is 0 Å². The number of fused-ring (bicyclic) bond motifs is 2. The van der Waals surface area contributed by atoms with Crippen LogP contribution in [0.5, 0.6) is 5.75 Å². The molecule has 1 saturated carbocycles. The van der Waals surface area contributed by atoms with Crippen molar-refractivity contribution in [3.63, 3.8) is 0 Å². The Hall–Kier alpha value is -4.61. The summed E-state index contributed by atoms with van der Waals surface area (Å²) in [5.41, 5.74) is 2.15. The van der Waals surface area contributed by atoms with Gasteiger partial charge in [0, 0.05) is 37.9 Å². The van der Waals surface area contributed by atoms with Crippen LogP contribution < -0.4 is 25.3 Å². The van der Waals surface area contributed by atoms with E-state index in [0.29, 0.717) is 43.7 Å². The molecule has 2 fully saturated rings. The summed E-state index contributed by atoms with van der Waals surface area (Å²) >= 11 is 0. The van der Waals surface area contributed by atoms with Crippen LogP contribution in [0.3, 0.4) is 0 Å². The molecule has 220 valence electrons. The van der Waals surface area contributed by atoms with Gasteiger partial charge in [0.1, 0.15) is 17.4 Å². The van der Waals surface area contributed by atoms with Crippen LogP contribution in [-0.4, -0.2) is 60.5 Å². The average Bonchev–Trinajstić information content (AvgIpc) is 3.75. The lowest BCUT2D eigenvalue weighted by molar-refractivity contribution is -0.119. The molecule has 0 bridgehead atoms. The fourth-order valence-corrected chi connectivity index (χ4v) is 5.92. The lowest BCUT2D eigenvalue weighted by atomic mass is 10.0. The molecule has 0 spiro atoms. The number of amides is 2. The van der Waals surface area contributed by atoms with Crippen LogP contribution in [0.25, 0.3) is 10.9 Å². The van der Waals surface area contributed by atoms with Crippen molar-refractivity contribution in [1.29, 1.82) is 0 Å². The lowest BCUT2D eigenvalue weighted by Gasteiger charge is -2.27. The highest BCUT2D eigenvalue weighted by Crippen LogP contribution is 2.44. The number of halogens is 1. The molecule has 12 heteroatoms. The number of nitrogens with zero attached hydrogens (tertiary/aromatic N) is 3. The molecule has 1 saturated heterocycles. The number of hydrogen-bond donors (Lipinski definition) is 2. The first-order valence-corrected chi connectivity index (χ1v) is 13.9. The topological polar surface area (TPSA) is 130 Å². The van der Waals surface area contributed by atoms with Crippen molar-refractivity contribution in [1.82, 2.24) is 9.88 Å². The molecule has 11 nitrogen and oxygen atoms in total. The van der Waals surface area contributed by atoms with Crippen LogP contribution in [0.2, 0.25) is 0 Å². The predicted octanol–water partition coefficient (Wildman–Crippen LogP) is 3.60. The van der Waals surface area contributed by atoms with Crippen molar-refractivity contribution >= 4 is 40.2 Å². The highest BCUT2D eigenvalue weighted by molar-refractivity contribution is 5.97. The molecule has 1 atom stereocenters. The largest absolute Gasteiger partial charge is 0.492 e. The maximum atomic E-state index is 15.9. The zero-order valence-corrected chi connectivity index (χ0v) is 23.3. The number of methoxy groups -OCH3 is 1. The van der Waals surface area contributed by atoms with Gasteiger partial charge < -0.3 is 29.4 Å². The summed E-state index contributed by atoms with van der Waals surface area (Å²) in [5.74, 6) is -2.00. The number of carboxylic acid groups (broad SMARTS) is 1. The van der Waals surface area contributed by atoms with E-state index in [0.717, 1.165) is 30.0 Å². The molecule has 2 amide bonds. The van der Waals surface area contributed by atoms with Crippen molar-refractivity contribution in [2.24, 2.45) is 0 Å². The zero-order chi connectivity index (χ0) is 29.7. The number of rotatable bonds is 7. The highest BCUT2D eigenvalue weighted by atomic mass is 19.1. The molecule has 6 rings (SSSR count). The number of carbonyl (C=O) groups is 3. The van der Waals surface area contributed by atoms with Gasteiger partial charge >= 0.3 is 12.1 Å². The number of ether oxygens (including phenoxy) is 2. The van der Waals surface area contributed by atoms with Gasteiger partial charge in [0.2, 0.25) is 11.3 Å². The second-order valence-corrected chi connectivity index (χ2v) is 11.0. The molecule has 1 aliphatic carbocycles. The van der Waals surface area contributed by atoms with Gasteiger partial charge in [0.25, 0.3) is 0 Å². The van der Waals surface area contributed by atoms with Gasteiger partial charge in [0.15, 0.2) is 11.6 Å². The summed E-state index contributed by atoms with van der Waals surface area (Å²) in [5, 5.41) is 12.3. The predicted molar refractivity (Wildman–Crippen MR) is 152 cm³/mol. The Bertz CT molecular complexity index is 1680. The van der Waals surface area contributed by atoms with Gasteiger partial charge in [-0.2, -0.15) is 0 Å². The van der Waals surface area contributed by atoms with Gasteiger partial charge in [-0.25, -0.2) is 14.0 Å². The molecule has 3 aliphatic rings. The van der Waals surface area contributed by atoms with Crippen molar-refractivity contribution in [3.8, 4) is 5.75 Å². The molecule has 1 aromatic heterocycles. The standard InChI is InChI=1S/C30H31FN4O7/c1-16(36)32-12-21-14-35(30(40)42-21)20-6-5-18-13-33(9-3-4-17(18)10-20)26-24(31)11-22-25(28(26)41-2)34(19-7-8-19)15-23(27(22)37)29(38)39/h5-6,10-11,15,19,21H,3-4,7-9,12-14H2,1-2H3,(H,32,36)(H,38,39). The third kappa shape index (κ3) is 4.90. The minimum Gasteiger partial charge on any atom is -0.492 e. The molecular formula is C30H31FN4O7. The molecule has 0 radical (unpaired) electrons. The summed E-state index contributed by atoms with van der Waals surface area (Å²) in [7, 11) is 1.43. The van der Waals surface area contributed by atoms with Crippen LogP contribution in [0, 0.1) is 5.82 Å². The van der Waals surface area contributed by atoms with Gasteiger partial charge in [0.05, 0.1) is 31.1 Å². The van der Waals surface area contributed by atoms with Gasteiger partial charge in [-0.05, 0) is 55.0 Å². The van der Waals surface area contributed by atoms with E-state index in [1.54, 1.807) is 9.47 Å². The number of carboxylic acids is 1. The maximum absolute atomic E-state index is 15.9. The second-order valence-electron chi connectivity index (χ2n) is 11.0. The third-order valence-electron chi connectivity index (χ3n) is 8.08. The monoisotopic (exact) mass is 578 g/mol. The summed E-state index contributed by atoms with van der Waals surface area (Å²) in [6.45, 7) is 2.84. The molecule has 3 aromatic rings. The Balaban J connectivity index is 1.35. The fourth-order valence-electron chi connectivity index (χ4n) is 5.92. The van der Waals surface area contributed by atoms with Gasteiger partial charge in [-0.1, -0.05) is 6.07 Å². The maximum Gasteiger partial charge on any atom is 0.414 e. The molecule has 2 N–H and O–H groups in total. The van der Waals surface area contributed by atoms with Crippen molar-refractivity contribution in [3.05, 3.63) is 63.2 Å². The SMILES string of the molecule is COc1c(N2CCCc3cc(N4CC(CNC(C)=O)OC4=O)ccc3C2)c(F)cc2c(=O)c(C(=O)O)cn(C3CC3)c12. The Kier molecular flexibility index (Phi) is 6.99. The van der Waals surface area contributed by atoms with E-state index in [1.807, 2.05) is 23.1 Å². The molecule has 42 heavy (non-hydrogen) atoms. The lowest BCUT2D eigenvalue weighted by Crippen LogP contribution is -2.33. The normalized spacial score (nSPS) is 18.5. The first-order valence-electron chi connectivity index (χ1n) is 13.9. The summed E-state index contributed by atoms with van der Waals surface area (Å²) in [4.78, 5) is 52.1. The number of anilines is 2. The molecular weight excluding hydrogens is 547 g/mol. The molecule has 2 aromatic carbocycles. The third-order valence-corrected chi connectivity index (χ3v) is 8.08. The molecule has 2 aliphatic heterocycles. The zero-order valence-electron chi connectivity index (χ0n) is 23.3. The van der Waals surface area contributed by atoms with Crippen LogP contribution in [-0.2, 0) is 22.5 Å². The van der Waals surface area contributed by atoms with Crippen LogP contribution in [0.15, 0.2) is 35.3 Å². The van der Waals surface area contributed by atoms with Crippen LogP contribution in [0.4, 0.5) is 20.6 Å². The summed E-state index contributed by atoms with van der Waals surface area (Å²) in [6, 6.07) is 6.84. The number of aromatic carboxylic acids is 1. The number of cyclic esters (lactones) is 1. The fraction of sp³-hybridized carbons (Fsp3) is 0.400. The van der Waals surface area contributed by atoms with Gasteiger partial charge in [-0.3, -0.25) is 14.5 Å². The van der Waals surface area contributed by atoms with E-state index < -0.39 is 35.0 Å².